The quantitative estimate of drug-likeness (QED) is 0.851. The molecule has 0 fully saturated rings. The second-order valence-electron chi connectivity index (χ2n) is 3.71. The fourth-order valence-corrected chi connectivity index (χ4v) is 3.94. The van der Waals surface area contributed by atoms with E-state index in [1.807, 2.05) is 38.1 Å². The largest absolute Gasteiger partial charge is 0.280 e. The smallest absolute Gasteiger partial charge is 0.231 e. The van der Waals surface area contributed by atoms with E-state index in [0.29, 0.717) is 18.6 Å². The van der Waals surface area contributed by atoms with Crippen LogP contribution in [0, 0.1) is 0 Å². The van der Waals surface area contributed by atoms with Gasteiger partial charge in [0, 0.05) is 13.1 Å². The Labute approximate surface area is 110 Å². The van der Waals surface area contributed by atoms with Gasteiger partial charge in [0.25, 0.3) is 10.0 Å². The minimum absolute atomic E-state index is 0.107. The number of hydrazine groups is 1. The van der Waals surface area contributed by atoms with Crippen LogP contribution < -0.4 is 4.83 Å². The van der Waals surface area contributed by atoms with Crippen LogP contribution in [-0.2, 0) is 10.0 Å². The summed E-state index contributed by atoms with van der Waals surface area (Å²) in [5, 5.41) is 1.63. The van der Waals surface area contributed by atoms with E-state index in [2.05, 4.69) is 9.82 Å². The van der Waals surface area contributed by atoms with Gasteiger partial charge in [0.1, 0.15) is 0 Å². The molecule has 1 aromatic carbocycles. The lowest BCUT2D eigenvalue weighted by Crippen LogP contribution is -2.41. The zero-order valence-electron chi connectivity index (χ0n) is 10.3. The highest BCUT2D eigenvalue weighted by atomic mass is 32.2. The Hall–Kier alpha value is -1.02. The molecule has 18 heavy (non-hydrogen) atoms. The van der Waals surface area contributed by atoms with Crippen molar-refractivity contribution in [2.45, 2.75) is 18.2 Å². The molecule has 0 unspecified atom stereocenters. The first-order valence-corrected chi connectivity index (χ1v) is 7.99. The van der Waals surface area contributed by atoms with Crippen LogP contribution in [-0.4, -0.2) is 31.5 Å². The van der Waals surface area contributed by atoms with Crippen molar-refractivity contribution in [2.75, 3.05) is 13.1 Å². The van der Waals surface area contributed by atoms with E-state index < -0.39 is 10.0 Å². The van der Waals surface area contributed by atoms with Crippen LogP contribution in [0.4, 0.5) is 0 Å². The zero-order chi connectivity index (χ0) is 13.2. The number of hydrogen-bond acceptors (Lipinski definition) is 5. The SMILES string of the molecule is CCN(CC)NS(=O)(=O)c1nc2ccccc2s1. The Bertz CT molecular complexity index is 600. The van der Waals surface area contributed by atoms with Gasteiger partial charge in [-0.3, -0.25) is 0 Å². The molecule has 2 rings (SSSR count). The van der Waals surface area contributed by atoms with Crippen molar-refractivity contribution in [2.24, 2.45) is 0 Å². The summed E-state index contributed by atoms with van der Waals surface area (Å²) in [6.07, 6.45) is 0. The van der Waals surface area contributed by atoms with E-state index in [9.17, 15) is 8.42 Å². The summed E-state index contributed by atoms with van der Waals surface area (Å²) >= 11 is 1.18. The molecular weight excluding hydrogens is 270 g/mol. The summed E-state index contributed by atoms with van der Waals surface area (Å²) in [7, 11) is -3.56. The summed E-state index contributed by atoms with van der Waals surface area (Å²) in [4.78, 5) is 6.67. The van der Waals surface area contributed by atoms with Gasteiger partial charge in [-0.25, -0.2) is 18.4 Å². The van der Waals surface area contributed by atoms with Crippen molar-refractivity contribution in [1.82, 2.24) is 14.8 Å². The van der Waals surface area contributed by atoms with Crippen LogP contribution in [0.3, 0.4) is 0 Å². The first-order valence-electron chi connectivity index (χ1n) is 5.69. The molecule has 0 radical (unpaired) electrons. The van der Waals surface area contributed by atoms with E-state index in [-0.39, 0.29) is 4.34 Å². The maximum absolute atomic E-state index is 12.1. The van der Waals surface area contributed by atoms with Gasteiger partial charge in [0.15, 0.2) is 0 Å². The number of sulfonamides is 1. The minimum Gasteiger partial charge on any atom is -0.231 e. The summed E-state index contributed by atoms with van der Waals surface area (Å²) < 4.78 is 25.2. The van der Waals surface area contributed by atoms with Crippen molar-refractivity contribution >= 4 is 31.6 Å². The lowest BCUT2D eigenvalue weighted by atomic mass is 10.3. The number of fused-ring (bicyclic) bond motifs is 1. The molecule has 0 amide bonds. The molecule has 1 heterocycles. The summed E-state index contributed by atoms with van der Waals surface area (Å²) in [5.41, 5.74) is 0.711. The van der Waals surface area contributed by atoms with E-state index in [1.54, 1.807) is 5.01 Å². The molecule has 0 saturated heterocycles. The highest BCUT2D eigenvalue weighted by Gasteiger charge is 2.21. The lowest BCUT2D eigenvalue weighted by Gasteiger charge is -2.17. The van der Waals surface area contributed by atoms with Crippen LogP contribution in [0.1, 0.15) is 13.8 Å². The summed E-state index contributed by atoms with van der Waals surface area (Å²) in [6.45, 7) is 5.01. The molecule has 7 heteroatoms. The van der Waals surface area contributed by atoms with Crippen LogP contribution >= 0.6 is 11.3 Å². The topological polar surface area (TPSA) is 62.3 Å². The number of rotatable bonds is 5. The number of nitrogens with zero attached hydrogens (tertiary/aromatic N) is 2. The molecule has 0 aliphatic heterocycles. The molecule has 0 saturated carbocycles. The van der Waals surface area contributed by atoms with E-state index >= 15 is 0 Å². The fraction of sp³-hybridized carbons (Fsp3) is 0.364. The Kier molecular flexibility index (Phi) is 3.96. The van der Waals surface area contributed by atoms with Gasteiger partial charge >= 0.3 is 0 Å². The second-order valence-corrected chi connectivity index (χ2v) is 6.58. The first-order chi connectivity index (χ1) is 8.56. The molecule has 0 bridgehead atoms. The molecule has 5 nitrogen and oxygen atoms in total. The van der Waals surface area contributed by atoms with Crippen LogP contribution in [0.5, 0.6) is 0 Å². The summed E-state index contributed by atoms with van der Waals surface area (Å²) in [6, 6.07) is 7.39. The first kappa shape index (κ1) is 13.4. The lowest BCUT2D eigenvalue weighted by molar-refractivity contribution is 0.268. The number of hydrogen-bond donors (Lipinski definition) is 1. The monoisotopic (exact) mass is 285 g/mol. The van der Waals surface area contributed by atoms with E-state index in [1.165, 1.54) is 11.3 Å². The van der Waals surface area contributed by atoms with E-state index in [4.69, 9.17) is 0 Å². The van der Waals surface area contributed by atoms with Crippen molar-refractivity contribution < 1.29 is 8.42 Å². The third kappa shape index (κ3) is 2.69. The molecule has 2 aromatic rings. The van der Waals surface area contributed by atoms with Crippen LogP contribution in [0.25, 0.3) is 10.2 Å². The predicted octanol–water partition coefficient (Wildman–Crippen LogP) is 1.83. The van der Waals surface area contributed by atoms with Gasteiger partial charge in [-0.2, -0.15) is 0 Å². The molecule has 1 aromatic heterocycles. The maximum atomic E-state index is 12.1. The highest BCUT2D eigenvalue weighted by molar-refractivity contribution is 7.91. The third-order valence-electron chi connectivity index (χ3n) is 2.52. The van der Waals surface area contributed by atoms with Crippen molar-refractivity contribution in [1.29, 1.82) is 0 Å². The number of aromatic nitrogens is 1. The third-order valence-corrected chi connectivity index (χ3v) is 5.31. The number of para-hydroxylation sites is 1. The molecule has 1 N–H and O–H groups in total. The van der Waals surface area contributed by atoms with Crippen molar-refractivity contribution in [3.8, 4) is 0 Å². The van der Waals surface area contributed by atoms with Crippen LogP contribution in [0.15, 0.2) is 28.6 Å². The maximum Gasteiger partial charge on any atom is 0.280 e. The Balaban J connectivity index is 2.34. The fourth-order valence-electron chi connectivity index (χ4n) is 1.53. The Morgan fingerprint density at radius 1 is 1.28 bits per heavy atom. The molecule has 0 atom stereocenters. The minimum atomic E-state index is -3.56. The van der Waals surface area contributed by atoms with E-state index in [0.717, 1.165) is 4.70 Å². The molecule has 0 aliphatic carbocycles. The highest BCUT2D eigenvalue weighted by Crippen LogP contribution is 2.24. The molecule has 98 valence electrons. The number of benzene rings is 1. The van der Waals surface area contributed by atoms with Gasteiger partial charge in [0.2, 0.25) is 4.34 Å². The van der Waals surface area contributed by atoms with Gasteiger partial charge in [-0.05, 0) is 12.1 Å². The van der Waals surface area contributed by atoms with Crippen molar-refractivity contribution in [3.63, 3.8) is 0 Å². The van der Waals surface area contributed by atoms with Gasteiger partial charge in [-0.1, -0.05) is 26.0 Å². The second kappa shape index (κ2) is 5.31. The summed E-state index contributed by atoms with van der Waals surface area (Å²) in [5.74, 6) is 0. The van der Waals surface area contributed by atoms with Gasteiger partial charge < -0.3 is 0 Å². The zero-order valence-corrected chi connectivity index (χ0v) is 11.9. The normalized spacial score (nSPS) is 12.4. The standard InChI is InChI=1S/C11H15N3O2S2/c1-3-14(4-2)13-18(15,16)11-12-9-7-5-6-8-10(9)17-11/h5-8,13H,3-4H2,1-2H3. The number of nitrogens with one attached hydrogen (secondary N) is 1. The Morgan fingerprint density at radius 2 is 1.94 bits per heavy atom. The average molecular weight is 285 g/mol. The molecule has 0 aliphatic rings. The number of thiazole rings is 1. The average Bonchev–Trinajstić information content (AvgIpc) is 2.80. The van der Waals surface area contributed by atoms with Crippen LogP contribution in [0.2, 0.25) is 0 Å². The Morgan fingerprint density at radius 3 is 2.56 bits per heavy atom. The van der Waals surface area contributed by atoms with Gasteiger partial charge in [-0.15, -0.1) is 16.2 Å². The van der Waals surface area contributed by atoms with Gasteiger partial charge in [0.05, 0.1) is 10.2 Å². The van der Waals surface area contributed by atoms with Crippen molar-refractivity contribution in [3.05, 3.63) is 24.3 Å². The predicted molar refractivity (Wildman–Crippen MR) is 72.9 cm³/mol. The molecule has 0 spiro atoms. The molecular formula is C11H15N3O2S2.